The van der Waals surface area contributed by atoms with E-state index in [-0.39, 0.29) is 31.1 Å². The van der Waals surface area contributed by atoms with Crippen LogP contribution >= 0.6 is 0 Å². The smallest absolute Gasteiger partial charge is 0.306 e. The molecule has 2 aliphatic rings. The summed E-state index contributed by atoms with van der Waals surface area (Å²) >= 11 is 0. The summed E-state index contributed by atoms with van der Waals surface area (Å²) in [5.41, 5.74) is 1.55. The maximum Gasteiger partial charge on any atom is 0.306 e. The minimum atomic E-state index is -1.88. The molecule has 186 valence electrons. The van der Waals surface area contributed by atoms with E-state index in [0.717, 1.165) is 0 Å². The van der Waals surface area contributed by atoms with E-state index in [0.29, 0.717) is 34.4 Å². The Morgan fingerprint density at radius 1 is 1.14 bits per heavy atom. The molecule has 8 nitrogen and oxygen atoms in total. The summed E-state index contributed by atoms with van der Waals surface area (Å²) in [5, 5.41) is 12.6. The molecule has 1 fully saturated rings. The van der Waals surface area contributed by atoms with E-state index in [1.807, 2.05) is 19.6 Å². The Morgan fingerprint density at radius 2 is 1.86 bits per heavy atom. The van der Waals surface area contributed by atoms with Crippen molar-refractivity contribution in [2.24, 2.45) is 11.8 Å². The van der Waals surface area contributed by atoms with Crippen molar-refractivity contribution in [1.29, 1.82) is 0 Å². The molecule has 2 N–H and O–H groups in total. The number of amides is 2. The van der Waals surface area contributed by atoms with Gasteiger partial charge in [0.15, 0.2) is 0 Å². The Morgan fingerprint density at radius 3 is 2.46 bits per heavy atom. The van der Waals surface area contributed by atoms with Crippen molar-refractivity contribution >= 4 is 36.7 Å². The van der Waals surface area contributed by atoms with Gasteiger partial charge in [-0.05, 0) is 36.2 Å². The Bertz CT molecular complexity index is 1180. The predicted octanol–water partition coefficient (Wildman–Crippen LogP) is 2.95. The molecule has 1 aromatic heterocycles. The Balaban J connectivity index is 1.62. The third-order valence-electron chi connectivity index (χ3n) is 6.80. The van der Waals surface area contributed by atoms with Crippen molar-refractivity contribution in [2.75, 3.05) is 19.0 Å². The van der Waals surface area contributed by atoms with Crippen molar-refractivity contribution in [3.8, 4) is 5.88 Å². The first-order chi connectivity index (χ1) is 16.5. The highest BCUT2D eigenvalue weighted by atomic mass is 28.3. The number of ether oxygens (including phenoxy) is 1. The van der Waals surface area contributed by atoms with Gasteiger partial charge in [-0.1, -0.05) is 25.7 Å². The van der Waals surface area contributed by atoms with Crippen LogP contribution in [-0.2, 0) is 20.8 Å². The lowest BCUT2D eigenvalue weighted by molar-refractivity contribution is -0.154. The molecular weight excluding hydrogens is 469 g/mol. The lowest BCUT2D eigenvalue weighted by atomic mass is 9.73. The number of halogens is 1. The fourth-order valence-corrected chi connectivity index (χ4v) is 6.14. The number of nitrogens with one attached hydrogen (secondary N) is 1. The zero-order valence-corrected chi connectivity index (χ0v) is 21.3. The van der Waals surface area contributed by atoms with E-state index >= 15 is 0 Å². The summed E-state index contributed by atoms with van der Waals surface area (Å²) in [6.07, 6.45) is 0.961. The van der Waals surface area contributed by atoms with Gasteiger partial charge in [0.2, 0.25) is 11.8 Å². The molecule has 0 bridgehead atoms. The third kappa shape index (κ3) is 4.93. The molecule has 2 heterocycles. The van der Waals surface area contributed by atoms with E-state index in [1.54, 1.807) is 24.3 Å². The van der Waals surface area contributed by atoms with E-state index < -0.39 is 37.8 Å². The number of carboxylic acid groups (broad SMARTS) is 1. The summed E-state index contributed by atoms with van der Waals surface area (Å²) in [5.74, 6) is -2.55. The molecule has 0 radical (unpaired) electrons. The molecule has 0 saturated heterocycles. The number of hydrogen-bond donors (Lipinski definition) is 2. The van der Waals surface area contributed by atoms with Crippen LogP contribution in [0.2, 0.25) is 19.6 Å². The largest absolute Gasteiger partial charge is 0.481 e. The number of nitrogens with zero attached hydrogens (tertiary/aromatic N) is 2. The molecule has 2 aromatic rings. The highest BCUT2D eigenvalue weighted by Crippen LogP contribution is 2.39. The van der Waals surface area contributed by atoms with Crippen molar-refractivity contribution in [2.45, 2.75) is 44.9 Å². The third-order valence-corrected chi connectivity index (χ3v) is 8.82. The fourth-order valence-electron chi connectivity index (χ4n) is 4.77. The maximum atomic E-state index is 14.8. The molecule has 0 unspecified atom stereocenters. The monoisotopic (exact) mass is 499 g/mol. The number of hydrogen-bond acceptors (Lipinski definition) is 5. The van der Waals surface area contributed by atoms with Gasteiger partial charge in [0.25, 0.3) is 5.91 Å². The minimum Gasteiger partial charge on any atom is -0.481 e. The van der Waals surface area contributed by atoms with Gasteiger partial charge in [0.05, 0.1) is 26.8 Å². The van der Waals surface area contributed by atoms with Gasteiger partial charge >= 0.3 is 5.97 Å². The molecule has 0 spiro atoms. The van der Waals surface area contributed by atoms with Gasteiger partial charge in [-0.25, -0.2) is 9.37 Å². The Labute approximate surface area is 204 Å². The van der Waals surface area contributed by atoms with Gasteiger partial charge in [-0.3, -0.25) is 14.4 Å². The van der Waals surface area contributed by atoms with Crippen molar-refractivity contribution in [3.63, 3.8) is 0 Å². The predicted molar refractivity (Wildman–Crippen MR) is 131 cm³/mol. The quantitative estimate of drug-likeness (QED) is 0.592. The van der Waals surface area contributed by atoms with Crippen LogP contribution in [-0.4, -0.2) is 54.5 Å². The normalized spacial score (nSPS) is 21.5. The Hall–Kier alpha value is -3.27. The van der Waals surface area contributed by atoms with Crippen LogP contribution in [0.1, 0.15) is 30.1 Å². The second-order valence-corrected chi connectivity index (χ2v) is 15.2. The topological polar surface area (TPSA) is 109 Å². The van der Waals surface area contributed by atoms with E-state index in [4.69, 9.17) is 4.74 Å². The van der Waals surface area contributed by atoms with Crippen LogP contribution in [0.4, 0.5) is 10.1 Å². The van der Waals surface area contributed by atoms with Gasteiger partial charge in [-0.2, -0.15) is 0 Å². The maximum absolute atomic E-state index is 14.8. The molecule has 1 aromatic carbocycles. The minimum absolute atomic E-state index is 0.246. The second kappa shape index (κ2) is 9.41. The molecule has 1 atom stereocenters. The molecular formula is C25H30FN3O5Si. The molecule has 1 saturated carbocycles. The summed E-state index contributed by atoms with van der Waals surface area (Å²) in [6, 6.07) is 7.10. The second-order valence-electron chi connectivity index (χ2n) is 10.2. The lowest BCUT2D eigenvalue weighted by Gasteiger charge is -2.41. The fraction of sp³-hybridized carbons (Fsp3) is 0.440. The number of aromatic nitrogens is 1. The number of pyridine rings is 1. The SMILES string of the molecule is COc1ccc2c(n1)CCN(C(=O)C1CC(C(=O)O)C1)[C@H]2C(=O)Nc1ccc([Si](C)(C)C)c(F)c1. The number of rotatable bonds is 6. The number of carbonyl (C=O) groups is 3. The summed E-state index contributed by atoms with van der Waals surface area (Å²) < 4.78 is 20.0. The summed E-state index contributed by atoms with van der Waals surface area (Å²) in [7, 11) is -0.377. The van der Waals surface area contributed by atoms with E-state index in [2.05, 4.69) is 10.3 Å². The molecule has 1 aliphatic heterocycles. The molecule has 4 rings (SSSR count). The zero-order chi connectivity index (χ0) is 25.5. The molecule has 10 heteroatoms. The number of carbonyl (C=O) groups excluding carboxylic acids is 2. The van der Waals surface area contributed by atoms with Crippen LogP contribution in [0.3, 0.4) is 0 Å². The first kappa shape index (κ1) is 24.8. The van der Waals surface area contributed by atoms with Crippen LogP contribution in [0, 0.1) is 17.7 Å². The van der Waals surface area contributed by atoms with Crippen molar-refractivity contribution in [1.82, 2.24) is 9.88 Å². The van der Waals surface area contributed by atoms with Crippen molar-refractivity contribution < 1.29 is 28.6 Å². The summed E-state index contributed by atoms with van der Waals surface area (Å²) in [4.78, 5) is 44.0. The van der Waals surface area contributed by atoms with Crippen LogP contribution in [0.15, 0.2) is 30.3 Å². The summed E-state index contributed by atoms with van der Waals surface area (Å²) in [6.45, 7) is 6.40. The average molecular weight is 500 g/mol. The number of benzene rings is 1. The molecule has 2 amide bonds. The molecule has 35 heavy (non-hydrogen) atoms. The highest BCUT2D eigenvalue weighted by Gasteiger charge is 2.45. The number of methoxy groups -OCH3 is 1. The van der Waals surface area contributed by atoms with Gasteiger partial charge < -0.3 is 20.1 Å². The highest BCUT2D eigenvalue weighted by molar-refractivity contribution is 6.88. The zero-order valence-electron chi connectivity index (χ0n) is 20.3. The number of aliphatic carboxylic acids is 1. The van der Waals surface area contributed by atoms with Crippen LogP contribution < -0.4 is 15.2 Å². The standard InChI is InChI=1S/C25H30FN3O5Si/c1-34-21-8-6-17-19(28-21)9-10-29(24(31)14-11-15(12-14)25(32)33)22(17)23(30)27-16-5-7-20(18(26)13-16)35(2,3)4/h5-8,13-15,22H,9-12H2,1-4H3,(H,27,30)(H,32,33)/t14?,15?,22-/m1/s1. The van der Waals surface area contributed by atoms with Crippen LogP contribution in [0.25, 0.3) is 0 Å². The van der Waals surface area contributed by atoms with Gasteiger partial charge in [0, 0.05) is 36.2 Å². The van der Waals surface area contributed by atoms with Crippen molar-refractivity contribution in [3.05, 3.63) is 47.4 Å². The average Bonchev–Trinajstić information content (AvgIpc) is 2.75. The van der Waals surface area contributed by atoms with Gasteiger partial charge in [0.1, 0.15) is 11.9 Å². The number of carboxylic acids is 1. The Kier molecular flexibility index (Phi) is 6.68. The first-order valence-electron chi connectivity index (χ1n) is 11.7. The number of fused-ring (bicyclic) bond motifs is 1. The van der Waals surface area contributed by atoms with Crippen LogP contribution in [0.5, 0.6) is 5.88 Å². The first-order valence-corrected chi connectivity index (χ1v) is 15.2. The van der Waals surface area contributed by atoms with E-state index in [1.165, 1.54) is 18.1 Å². The molecule has 1 aliphatic carbocycles. The van der Waals surface area contributed by atoms with E-state index in [9.17, 15) is 23.9 Å². The number of anilines is 1. The lowest BCUT2D eigenvalue weighted by Crippen LogP contribution is -2.50. The van der Waals surface area contributed by atoms with Gasteiger partial charge in [-0.15, -0.1) is 0 Å².